The van der Waals surface area contributed by atoms with E-state index >= 15 is 0 Å². The minimum Gasteiger partial charge on any atom is -0.490 e. The van der Waals surface area contributed by atoms with Crippen LogP contribution >= 0.6 is 0 Å². The largest absolute Gasteiger partial charge is 0.490 e. The maximum atomic E-state index is 12.9. The van der Waals surface area contributed by atoms with Gasteiger partial charge in [-0.25, -0.2) is 0 Å². The SMILES string of the molecule is CCCCCCCCCc1ccccc1OC(C)CCOC(=O)C(CC)C[N+](C)(C)Cc1ccccc1. The summed E-state index contributed by atoms with van der Waals surface area (Å²) in [7, 11) is 4.37. The van der Waals surface area contributed by atoms with Crippen molar-refractivity contribution in [2.75, 3.05) is 27.2 Å². The Morgan fingerprint density at radius 1 is 0.865 bits per heavy atom. The third kappa shape index (κ3) is 12.6. The van der Waals surface area contributed by atoms with Crippen LogP contribution in [-0.4, -0.2) is 43.8 Å². The highest BCUT2D eigenvalue weighted by molar-refractivity contribution is 5.72. The standard InChI is InChI=1S/C33H52NO3/c1-6-8-9-10-11-12-16-21-31-22-17-18-23-32(31)37-28(3)24-25-36-33(35)30(7-2)27-34(4,5)26-29-19-14-13-15-20-29/h13-15,17-20,22-23,28,30H,6-12,16,21,24-27H2,1-5H3/q+1. The first kappa shape index (κ1) is 30.9. The van der Waals surface area contributed by atoms with Crippen LogP contribution in [0.1, 0.15) is 89.7 Å². The van der Waals surface area contributed by atoms with Crippen LogP contribution in [0.15, 0.2) is 54.6 Å². The van der Waals surface area contributed by atoms with Gasteiger partial charge in [0.1, 0.15) is 18.2 Å². The van der Waals surface area contributed by atoms with E-state index < -0.39 is 0 Å². The van der Waals surface area contributed by atoms with Crippen molar-refractivity contribution in [3.8, 4) is 5.75 Å². The summed E-state index contributed by atoms with van der Waals surface area (Å²) in [5, 5.41) is 0. The summed E-state index contributed by atoms with van der Waals surface area (Å²) in [5.74, 6) is 0.782. The highest BCUT2D eigenvalue weighted by Gasteiger charge is 2.28. The van der Waals surface area contributed by atoms with Crippen LogP contribution in [0.2, 0.25) is 0 Å². The quantitative estimate of drug-likeness (QED) is 0.109. The molecule has 2 unspecified atom stereocenters. The van der Waals surface area contributed by atoms with Crippen LogP contribution < -0.4 is 4.74 Å². The van der Waals surface area contributed by atoms with Crippen LogP contribution in [0.3, 0.4) is 0 Å². The van der Waals surface area contributed by atoms with Crippen molar-refractivity contribution in [1.82, 2.24) is 0 Å². The fourth-order valence-corrected chi connectivity index (χ4v) is 4.93. The van der Waals surface area contributed by atoms with Gasteiger partial charge in [-0.05, 0) is 37.8 Å². The number of aryl methyl sites for hydroxylation is 1. The van der Waals surface area contributed by atoms with Gasteiger partial charge in [0.2, 0.25) is 0 Å². The van der Waals surface area contributed by atoms with Crippen molar-refractivity contribution in [3.05, 3.63) is 65.7 Å². The fraction of sp³-hybridized carbons (Fsp3) is 0.606. The molecule has 2 aromatic rings. The Balaban J connectivity index is 1.74. The fourth-order valence-electron chi connectivity index (χ4n) is 4.93. The molecule has 37 heavy (non-hydrogen) atoms. The van der Waals surface area contributed by atoms with Crippen LogP contribution in [0.25, 0.3) is 0 Å². The van der Waals surface area contributed by atoms with E-state index in [2.05, 4.69) is 77.3 Å². The van der Waals surface area contributed by atoms with Crippen molar-refractivity contribution in [1.29, 1.82) is 0 Å². The van der Waals surface area contributed by atoms with Crippen molar-refractivity contribution in [3.63, 3.8) is 0 Å². The molecule has 0 fully saturated rings. The molecular formula is C33H52NO3+. The molecule has 0 N–H and O–H groups in total. The van der Waals surface area contributed by atoms with Gasteiger partial charge < -0.3 is 14.0 Å². The Morgan fingerprint density at radius 3 is 2.22 bits per heavy atom. The van der Waals surface area contributed by atoms with E-state index in [1.807, 2.05) is 12.1 Å². The molecule has 0 amide bonds. The van der Waals surface area contributed by atoms with Crippen molar-refractivity contribution >= 4 is 5.97 Å². The van der Waals surface area contributed by atoms with Crippen LogP contribution in [0, 0.1) is 5.92 Å². The molecule has 0 saturated heterocycles. The second-order valence-corrected chi connectivity index (χ2v) is 11.2. The Morgan fingerprint density at radius 2 is 1.51 bits per heavy atom. The Labute approximate surface area is 227 Å². The normalized spacial score (nSPS) is 13.2. The Hall–Kier alpha value is -2.33. The minimum atomic E-state index is -0.0994. The second kappa shape index (κ2) is 17.2. The molecule has 0 aromatic heterocycles. The van der Waals surface area contributed by atoms with E-state index in [0.29, 0.717) is 13.0 Å². The molecule has 0 heterocycles. The maximum Gasteiger partial charge on any atom is 0.314 e. The molecule has 0 bridgehead atoms. The van der Waals surface area contributed by atoms with E-state index in [9.17, 15) is 4.79 Å². The van der Waals surface area contributed by atoms with Crippen molar-refractivity contribution < 1.29 is 18.8 Å². The summed E-state index contributed by atoms with van der Waals surface area (Å²) in [6.45, 7) is 8.45. The highest BCUT2D eigenvalue weighted by Crippen LogP contribution is 2.23. The zero-order valence-corrected chi connectivity index (χ0v) is 24.2. The molecule has 2 atom stereocenters. The molecule has 2 aromatic carbocycles. The van der Waals surface area contributed by atoms with Crippen LogP contribution in [0.5, 0.6) is 5.75 Å². The van der Waals surface area contributed by atoms with Crippen molar-refractivity contribution in [2.45, 2.75) is 97.6 Å². The molecule has 0 radical (unpaired) electrons. The van der Waals surface area contributed by atoms with Crippen LogP contribution in [-0.2, 0) is 22.5 Å². The number of nitrogens with zero attached hydrogens (tertiary/aromatic N) is 1. The lowest BCUT2D eigenvalue weighted by molar-refractivity contribution is -0.906. The number of rotatable bonds is 19. The summed E-state index contributed by atoms with van der Waals surface area (Å²) >= 11 is 0. The zero-order chi connectivity index (χ0) is 26.9. The zero-order valence-electron chi connectivity index (χ0n) is 24.2. The third-order valence-electron chi connectivity index (χ3n) is 7.11. The first-order valence-corrected chi connectivity index (χ1v) is 14.6. The number of carbonyl (C=O) groups excluding carboxylic acids is 1. The molecule has 4 nitrogen and oxygen atoms in total. The van der Waals surface area contributed by atoms with E-state index in [-0.39, 0.29) is 18.0 Å². The van der Waals surface area contributed by atoms with Gasteiger partial charge in [-0.2, -0.15) is 0 Å². The molecule has 206 valence electrons. The number of ether oxygens (including phenoxy) is 2. The number of esters is 1. The van der Waals surface area contributed by atoms with E-state index in [0.717, 1.165) is 36.2 Å². The molecule has 0 spiro atoms. The molecule has 0 aliphatic rings. The summed E-state index contributed by atoms with van der Waals surface area (Å²) in [4.78, 5) is 12.9. The number of benzene rings is 2. The average molecular weight is 511 g/mol. The predicted molar refractivity (Wildman–Crippen MR) is 155 cm³/mol. The average Bonchev–Trinajstić information content (AvgIpc) is 2.88. The molecule has 0 saturated carbocycles. The van der Waals surface area contributed by atoms with Gasteiger partial charge in [-0.3, -0.25) is 4.79 Å². The Bertz CT molecular complexity index is 880. The lowest BCUT2D eigenvalue weighted by atomic mass is 10.0. The van der Waals surface area contributed by atoms with Gasteiger partial charge in [0, 0.05) is 12.0 Å². The first-order chi connectivity index (χ1) is 17.8. The summed E-state index contributed by atoms with van der Waals surface area (Å²) in [6, 6.07) is 18.8. The highest BCUT2D eigenvalue weighted by atomic mass is 16.5. The summed E-state index contributed by atoms with van der Waals surface area (Å²) in [6.07, 6.45) is 11.7. The smallest absolute Gasteiger partial charge is 0.314 e. The number of para-hydroxylation sites is 1. The first-order valence-electron chi connectivity index (χ1n) is 14.6. The number of hydrogen-bond donors (Lipinski definition) is 0. The maximum absolute atomic E-state index is 12.9. The van der Waals surface area contributed by atoms with E-state index in [1.54, 1.807) is 0 Å². The monoisotopic (exact) mass is 510 g/mol. The molecule has 2 rings (SSSR count). The predicted octanol–water partition coefficient (Wildman–Crippen LogP) is 7.98. The van der Waals surface area contributed by atoms with E-state index in [4.69, 9.17) is 9.47 Å². The second-order valence-electron chi connectivity index (χ2n) is 11.2. The van der Waals surface area contributed by atoms with Gasteiger partial charge in [0.25, 0.3) is 0 Å². The van der Waals surface area contributed by atoms with Gasteiger partial charge in [0.15, 0.2) is 0 Å². The number of unbranched alkanes of at least 4 members (excludes halogenated alkanes) is 6. The molecular weight excluding hydrogens is 458 g/mol. The molecule has 0 aliphatic heterocycles. The van der Waals surface area contributed by atoms with Gasteiger partial charge >= 0.3 is 5.97 Å². The van der Waals surface area contributed by atoms with Gasteiger partial charge in [-0.1, -0.05) is 101 Å². The topological polar surface area (TPSA) is 35.5 Å². The lowest BCUT2D eigenvalue weighted by Crippen LogP contribution is -2.44. The summed E-state index contributed by atoms with van der Waals surface area (Å²) in [5.41, 5.74) is 2.57. The Kier molecular flexibility index (Phi) is 14.4. The third-order valence-corrected chi connectivity index (χ3v) is 7.11. The number of quaternary nitrogens is 1. The molecule has 4 heteroatoms. The summed E-state index contributed by atoms with van der Waals surface area (Å²) < 4.78 is 12.8. The minimum absolute atomic E-state index is 0.00614. The van der Waals surface area contributed by atoms with Gasteiger partial charge in [0.05, 0.1) is 33.4 Å². The van der Waals surface area contributed by atoms with Crippen LogP contribution in [0.4, 0.5) is 0 Å². The number of hydrogen-bond acceptors (Lipinski definition) is 3. The number of carbonyl (C=O) groups is 1. The van der Waals surface area contributed by atoms with E-state index in [1.165, 1.54) is 56.1 Å². The lowest BCUT2D eigenvalue weighted by Gasteiger charge is -2.32. The molecule has 0 aliphatic carbocycles. The van der Waals surface area contributed by atoms with Crippen molar-refractivity contribution in [2.24, 2.45) is 5.92 Å². The van der Waals surface area contributed by atoms with Gasteiger partial charge in [-0.15, -0.1) is 0 Å².